The van der Waals surface area contributed by atoms with Crippen molar-refractivity contribution in [2.24, 2.45) is 11.8 Å². The van der Waals surface area contributed by atoms with Gasteiger partial charge in [-0.3, -0.25) is 4.90 Å². The summed E-state index contributed by atoms with van der Waals surface area (Å²) in [4.78, 5) is 2.83. The molecular formula is C19H30N2. The minimum Gasteiger partial charge on any atom is -0.316 e. The molecule has 3 rings (SSSR count). The molecule has 2 atom stereocenters. The molecule has 2 heteroatoms. The zero-order valence-electron chi connectivity index (χ0n) is 13.6. The number of benzene rings is 1. The fourth-order valence-corrected chi connectivity index (χ4v) is 3.88. The Morgan fingerprint density at radius 2 is 1.90 bits per heavy atom. The maximum absolute atomic E-state index is 3.58. The van der Waals surface area contributed by atoms with Gasteiger partial charge in [0.2, 0.25) is 0 Å². The summed E-state index contributed by atoms with van der Waals surface area (Å²) in [6, 6.07) is 12.6. The summed E-state index contributed by atoms with van der Waals surface area (Å²) in [6.45, 7) is 8.46. The highest BCUT2D eigenvalue weighted by atomic mass is 15.2. The van der Waals surface area contributed by atoms with E-state index in [-0.39, 0.29) is 0 Å². The van der Waals surface area contributed by atoms with Crippen molar-refractivity contribution in [1.82, 2.24) is 10.2 Å². The first-order valence-electron chi connectivity index (χ1n) is 8.77. The second-order valence-electron chi connectivity index (χ2n) is 7.24. The van der Waals surface area contributed by atoms with Crippen LogP contribution in [0, 0.1) is 11.8 Å². The number of nitrogens with zero attached hydrogens (tertiary/aromatic N) is 1. The quantitative estimate of drug-likeness (QED) is 0.854. The Bertz CT molecular complexity index is 418. The van der Waals surface area contributed by atoms with E-state index in [1.165, 1.54) is 50.9 Å². The molecule has 0 aromatic heterocycles. The Labute approximate surface area is 129 Å². The second-order valence-corrected chi connectivity index (χ2v) is 7.24. The number of hydrogen-bond acceptors (Lipinski definition) is 2. The molecule has 2 nitrogen and oxygen atoms in total. The standard InChI is InChI=1S/C19H30N2/c1-15(2)19(17-8-4-3-5-9-17)21(18-10-11-18)14-16-7-6-12-20-13-16/h3-5,8-9,15-16,18-20H,6-7,10-14H2,1-2H3. The molecule has 0 radical (unpaired) electrons. The van der Waals surface area contributed by atoms with Crippen LogP contribution in [-0.4, -0.2) is 30.6 Å². The smallest absolute Gasteiger partial charge is 0.0374 e. The Hall–Kier alpha value is -0.860. The average molecular weight is 286 g/mol. The first-order valence-corrected chi connectivity index (χ1v) is 8.77. The lowest BCUT2D eigenvalue weighted by molar-refractivity contribution is 0.113. The van der Waals surface area contributed by atoms with Crippen LogP contribution in [0.15, 0.2) is 30.3 Å². The van der Waals surface area contributed by atoms with Crippen LogP contribution in [0.4, 0.5) is 0 Å². The molecule has 1 aromatic rings. The zero-order chi connectivity index (χ0) is 14.7. The van der Waals surface area contributed by atoms with Crippen LogP contribution >= 0.6 is 0 Å². The molecule has 2 unspecified atom stereocenters. The Balaban J connectivity index is 1.76. The van der Waals surface area contributed by atoms with Gasteiger partial charge >= 0.3 is 0 Å². The predicted molar refractivity (Wildman–Crippen MR) is 89.3 cm³/mol. The van der Waals surface area contributed by atoms with Gasteiger partial charge in [-0.05, 0) is 56.2 Å². The molecule has 0 amide bonds. The van der Waals surface area contributed by atoms with Crippen LogP contribution < -0.4 is 5.32 Å². The summed E-state index contributed by atoms with van der Waals surface area (Å²) < 4.78 is 0. The normalized spacial score (nSPS) is 24.5. The highest BCUT2D eigenvalue weighted by Gasteiger charge is 2.37. The van der Waals surface area contributed by atoms with Crippen molar-refractivity contribution in [2.45, 2.75) is 51.6 Å². The molecule has 2 fully saturated rings. The zero-order valence-corrected chi connectivity index (χ0v) is 13.6. The first-order chi connectivity index (χ1) is 10.3. The van der Waals surface area contributed by atoms with Crippen molar-refractivity contribution < 1.29 is 0 Å². The first kappa shape index (κ1) is 15.1. The van der Waals surface area contributed by atoms with Crippen LogP contribution in [0.5, 0.6) is 0 Å². The minimum atomic E-state index is 0.584. The van der Waals surface area contributed by atoms with E-state index in [1.54, 1.807) is 0 Å². The molecule has 1 saturated carbocycles. The third-order valence-electron chi connectivity index (χ3n) is 5.01. The van der Waals surface area contributed by atoms with Crippen LogP contribution in [0.25, 0.3) is 0 Å². The summed E-state index contributed by atoms with van der Waals surface area (Å²) in [6.07, 6.45) is 5.54. The molecule has 2 aliphatic rings. The molecule has 1 aliphatic carbocycles. The van der Waals surface area contributed by atoms with Crippen molar-refractivity contribution in [3.8, 4) is 0 Å². The lowest BCUT2D eigenvalue weighted by Crippen LogP contribution is -2.42. The van der Waals surface area contributed by atoms with Gasteiger partial charge in [0.15, 0.2) is 0 Å². The fourth-order valence-electron chi connectivity index (χ4n) is 3.88. The summed E-state index contributed by atoms with van der Waals surface area (Å²) in [5.74, 6) is 1.51. The largest absolute Gasteiger partial charge is 0.316 e. The Morgan fingerprint density at radius 3 is 2.48 bits per heavy atom. The highest BCUT2D eigenvalue weighted by Crippen LogP contribution is 2.39. The molecule has 1 saturated heterocycles. The third kappa shape index (κ3) is 3.87. The maximum atomic E-state index is 3.58. The number of hydrogen-bond donors (Lipinski definition) is 1. The monoisotopic (exact) mass is 286 g/mol. The Morgan fingerprint density at radius 1 is 1.14 bits per heavy atom. The topological polar surface area (TPSA) is 15.3 Å². The molecular weight excluding hydrogens is 256 g/mol. The molecule has 21 heavy (non-hydrogen) atoms. The van der Waals surface area contributed by atoms with E-state index >= 15 is 0 Å². The van der Waals surface area contributed by atoms with E-state index in [1.807, 2.05) is 0 Å². The van der Waals surface area contributed by atoms with Gasteiger partial charge in [0.05, 0.1) is 0 Å². The van der Waals surface area contributed by atoms with Gasteiger partial charge in [0.1, 0.15) is 0 Å². The highest BCUT2D eigenvalue weighted by molar-refractivity contribution is 5.20. The maximum Gasteiger partial charge on any atom is 0.0374 e. The molecule has 0 bridgehead atoms. The molecule has 1 N–H and O–H groups in total. The molecule has 1 heterocycles. The molecule has 1 aliphatic heterocycles. The lowest BCUT2D eigenvalue weighted by atomic mass is 9.91. The molecule has 0 spiro atoms. The van der Waals surface area contributed by atoms with Gasteiger partial charge in [-0.25, -0.2) is 0 Å². The number of piperidine rings is 1. The van der Waals surface area contributed by atoms with Gasteiger partial charge in [-0.1, -0.05) is 44.2 Å². The van der Waals surface area contributed by atoms with Crippen molar-refractivity contribution >= 4 is 0 Å². The van der Waals surface area contributed by atoms with E-state index in [0.29, 0.717) is 12.0 Å². The number of rotatable bonds is 6. The van der Waals surface area contributed by atoms with Crippen molar-refractivity contribution in [3.05, 3.63) is 35.9 Å². The van der Waals surface area contributed by atoms with Crippen LogP contribution in [0.3, 0.4) is 0 Å². The summed E-state index contributed by atoms with van der Waals surface area (Å²) in [5.41, 5.74) is 1.50. The van der Waals surface area contributed by atoms with Crippen LogP contribution in [0.2, 0.25) is 0 Å². The van der Waals surface area contributed by atoms with Gasteiger partial charge in [-0.2, -0.15) is 0 Å². The predicted octanol–water partition coefficient (Wildman–Crippen LogP) is 3.85. The van der Waals surface area contributed by atoms with Crippen molar-refractivity contribution in [2.75, 3.05) is 19.6 Å². The van der Waals surface area contributed by atoms with Crippen molar-refractivity contribution in [3.63, 3.8) is 0 Å². The Kier molecular flexibility index (Phi) is 4.97. The number of nitrogens with one attached hydrogen (secondary N) is 1. The van der Waals surface area contributed by atoms with Gasteiger partial charge in [0, 0.05) is 18.6 Å². The average Bonchev–Trinajstić information content (AvgIpc) is 3.33. The molecule has 116 valence electrons. The SMILES string of the molecule is CC(C)C(c1ccccc1)N(CC1CCCNC1)C1CC1. The van der Waals surface area contributed by atoms with Gasteiger partial charge in [-0.15, -0.1) is 0 Å². The second kappa shape index (κ2) is 6.93. The van der Waals surface area contributed by atoms with Gasteiger partial charge < -0.3 is 5.32 Å². The lowest BCUT2D eigenvalue weighted by Gasteiger charge is -2.38. The van der Waals surface area contributed by atoms with Crippen molar-refractivity contribution in [1.29, 1.82) is 0 Å². The van der Waals surface area contributed by atoms with E-state index in [2.05, 4.69) is 54.4 Å². The summed E-state index contributed by atoms with van der Waals surface area (Å²) in [7, 11) is 0. The van der Waals surface area contributed by atoms with E-state index in [9.17, 15) is 0 Å². The summed E-state index contributed by atoms with van der Waals surface area (Å²) in [5, 5.41) is 3.58. The van der Waals surface area contributed by atoms with Gasteiger partial charge in [0.25, 0.3) is 0 Å². The summed E-state index contributed by atoms with van der Waals surface area (Å²) >= 11 is 0. The third-order valence-corrected chi connectivity index (χ3v) is 5.01. The van der Waals surface area contributed by atoms with Crippen LogP contribution in [0.1, 0.15) is 51.1 Å². The van der Waals surface area contributed by atoms with E-state index in [4.69, 9.17) is 0 Å². The fraction of sp³-hybridized carbons (Fsp3) is 0.684. The van der Waals surface area contributed by atoms with E-state index in [0.717, 1.165) is 12.0 Å². The minimum absolute atomic E-state index is 0.584. The van der Waals surface area contributed by atoms with Crippen LogP contribution in [-0.2, 0) is 0 Å². The van der Waals surface area contributed by atoms with E-state index < -0.39 is 0 Å². The molecule has 1 aromatic carbocycles.